The Balaban J connectivity index is 1.85. The Bertz CT molecular complexity index is 856. The first-order chi connectivity index (χ1) is 11.2. The molecule has 0 unspecified atom stereocenters. The summed E-state index contributed by atoms with van der Waals surface area (Å²) in [5.41, 5.74) is 1.38. The van der Waals surface area contributed by atoms with E-state index in [0.717, 1.165) is 15.4 Å². The van der Waals surface area contributed by atoms with E-state index >= 15 is 0 Å². The van der Waals surface area contributed by atoms with Gasteiger partial charge in [0.15, 0.2) is 5.82 Å². The number of halogens is 1. The number of hydrogen-bond donors (Lipinski definition) is 2. The van der Waals surface area contributed by atoms with Gasteiger partial charge in [-0.2, -0.15) is 5.10 Å². The number of aromatic nitrogens is 2. The molecule has 2 N–H and O–H groups in total. The smallest absolute Gasteiger partial charge is 0.256 e. The lowest BCUT2D eigenvalue weighted by Gasteiger charge is -2.05. The molecule has 0 fully saturated rings. The molecule has 116 valence electrons. The second kappa shape index (κ2) is 6.66. The van der Waals surface area contributed by atoms with Gasteiger partial charge in [0.25, 0.3) is 5.91 Å². The Morgan fingerprint density at radius 1 is 1.30 bits per heavy atom. The summed E-state index contributed by atoms with van der Waals surface area (Å²) in [7, 11) is 0. The van der Waals surface area contributed by atoms with E-state index in [0.29, 0.717) is 23.7 Å². The number of H-pyrrole nitrogens is 1. The molecule has 0 bridgehead atoms. The minimum Gasteiger partial charge on any atom is -0.490 e. The molecule has 5 nitrogen and oxygen atoms in total. The van der Waals surface area contributed by atoms with Gasteiger partial charge in [-0.05, 0) is 42.5 Å². The molecule has 0 saturated heterocycles. The van der Waals surface area contributed by atoms with Crippen molar-refractivity contribution in [2.24, 2.45) is 0 Å². The molecule has 3 aromatic rings. The van der Waals surface area contributed by atoms with Crippen molar-refractivity contribution in [1.29, 1.82) is 0 Å². The fourth-order valence-electron chi connectivity index (χ4n) is 2.11. The second-order valence-corrected chi connectivity index (χ2v) is 5.76. The van der Waals surface area contributed by atoms with E-state index in [1.807, 2.05) is 30.3 Å². The average Bonchev–Trinajstić information content (AvgIpc) is 2.96. The van der Waals surface area contributed by atoms with Gasteiger partial charge in [0.05, 0.1) is 5.52 Å². The van der Waals surface area contributed by atoms with Crippen LogP contribution in [0, 0.1) is 0 Å². The zero-order chi connectivity index (χ0) is 16.2. The maximum absolute atomic E-state index is 12.3. The number of hydrogen-bond acceptors (Lipinski definition) is 3. The number of aromatic amines is 1. The molecule has 0 spiro atoms. The van der Waals surface area contributed by atoms with Crippen LogP contribution in [0.2, 0.25) is 0 Å². The Morgan fingerprint density at radius 2 is 2.09 bits per heavy atom. The standard InChI is InChI=1S/C17H14BrN3O2/c1-2-9-23-13-7-8-15-14(10-13)16(21-20-15)19-17(22)11-3-5-12(18)6-4-11/h2-8,10H,1,9H2,(H2,19,20,21,22). The molecule has 0 radical (unpaired) electrons. The van der Waals surface area contributed by atoms with Crippen molar-refractivity contribution < 1.29 is 9.53 Å². The molecule has 0 aliphatic rings. The number of benzene rings is 2. The van der Waals surface area contributed by atoms with Crippen LogP contribution in [0.4, 0.5) is 5.82 Å². The molecular weight excluding hydrogens is 358 g/mol. The largest absolute Gasteiger partial charge is 0.490 e. The molecule has 23 heavy (non-hydrogen) atoms. The molecule has 0 aliphatic heterocycles. The van der Waals surface area contributed by atoms with Crippen molar-refractivity contribution in [2.75, 3.05) is 11.9 Å². The minimum atomic E-state index is -0.219. The molecule has 1 amide bonds. The van der Waals surface area contributed by atoms with Crippen LogP contribution < -0.4 is 10.1 Å². The van der Waals surface area contributed by atoms with E-state index in [4.69, 9.17) is 4.74 Å². The van der Waals surface area contributed by atoms with Crippen molar-refractivity contribution in [3.63, 3.8) is 0 Å². The molecular formula is C17H14BrN3O2. The summed E-state index contributed by atoms with van der Waals surface area (Å²) >= 11 is 3.35. The highest BCUT2D eigenvalue weighted by Gasteiger charge is 2.12. The summed E-state index contributed by atoms with van der Waals surface area (Å²) in [6.07, 6.45) is 1.68. The molecule has 6 heteroatoms. The molecule has 2 aromatic carbocycles. The number of ether oxygens (including phenoxy) is 1. The fraction of sp³-hybridized carbons (Fsp3) is 0.0588. The average molecular weight is 372 g/mol. The van der Waals surface area contributed by atoms with Gasteiger partial charge in [0, 0.05) is 15.4 Å². The van der Waals surface area contributed by atoms with Gasteiger partial charge in [-0.25, -0.2) is 0 Å². The lowest BCUT2D eigenvalue weighted by atomic mass is 10.2. The number of carbonyl (C=O) groups is 1. The zero-order valence-electron chi connectivity index (χ0n) is 12.2. The van der Waals surface area contributed by atoms with Crippen LogP contribution >= 0.6 is 15.9 Å². The van der Waals surface area contributed by atoms with Crippen LogP contribution in [0.3, 0.4) is 0 Å². The predicted octanol–water partition coefficient (Wildman–Crippen LogP) is 4.14. The molecule has 0 aliphatic carbocycles. The van der Waals surface area contributed by atoms with E-state index in [-0.39, 0.29) is 5.91 Å². The van der Waals surface area contributed by atoms with Gasteiger partial charge >= 0.3 is 0 Å². The number of anilines is 1. The summed E-state index contributed by atoms with van der Waals surface area (Å²) in [5.74, 6) is 0.943. The third-order valence-corrected chi connectivity index (χ3v) is 3.77. The van der Waals surface area contributed by atoms with Crippen molar-refractivity contribution >= 4 is 38.6 Å². The first-order valence-corrected chi connectivity index (χ1v) is 7.75. The maximum Gasteiger partial charge on any atom is 0.256 e. The second-order valence-electron chi connectivity index (χ2n) is 4.84. The SMILES string of the molecule is C=CCOc1ccc2[nH]nc(NC(=O)c3ccc(Br)cc3)c2c1. The van der Waals surface area contributed by atoms with Crippen LogP contribution in [0.1, 0.15) is 10.4 Å². The number of amides is 1. The van der Waals surface area contributed by atoms with E-state index < -0.39 is 0 Å². The van der Waals surface area contributed by atoms with Crippen molar-refractivity contribution in [3.05, 3.63) is 65.2 Å². The molecule has 0 saturated carbocycles. The van der Waals surface area contributed by atoms with Crippen molar-refractivity contribution in [2.45, 2.75) is 0 Å². The van der Waals surface area contributed by atoms with Crippen LogP contribution in [-0.4, -0.2) is 22.7 Å². The first-order valence-electron chi connectivity index (χ1n) is 6.96. The Labute approximate surface area is 141 Å². The van der Waals surface area contributed by atoms with E-state index in [1.54, 1.807) is 18.2 Å². The van der Waals surface area contributed by atoms with Crippen LogP contribution in [0.25, 0.3) is 10.9 Å². The summed E-state index contributed by atoms with van der Waals surface area (Å²) in [4.78, 5) is 12.3. The summed E-state index contributed by atoms with van der Waals surface area (Å²) in [6, 6.07) is 12.7. The normalized spacial score (nSPS) is 10.5. The number of fused-ring (bicyclic) bond motifs is 1. The maximum atomic E-state index is 12.3. The van der Waals surface area contributed by atoms with Gasteiger partial charge in [0.1, 0.15) is 12.4 Å². The highest BCUT2D eigenvalue weighted by Crippen LogP contribution is 2.25. The number of rotatable bonds is 5. The third kappa shape index (κ3) is 3.43. The highest BCUT2D eigenvalue weighted by molar-refractivity contribution is 9.10. The predicted molar refractivity (Wildman–Crippen MR) is 93.9 cm³/mol. The van der Waals surface area contributed by atoms with Crippen molar-refractivity contribution in [3.8, 4) is 5.75 Å². The molecule has 3 rings (SSSR count). The van der Waals surface area contributed by atoms with E-state index in [9.17, 15) is 4.79 Å². The number of nitrogens with zero attached hydrogens (tertiary/aromatic N) is 1. The van der Waals surface area contributed by atoms with Crippen LogP contribution in [0.15, 0.2) is 59.6 Å². The molecule has 1 heterocycles. The summed E-state index contributed by atoms with van der Waals surface area (Å²) in [5, 5.41) is 10.6. The summed E-state index contributed by atoms with van der Waals surface area (Å²) in [6.45, 7) is 4.04. The fourth-order valence-corrected chi connectivity index (χ4v) is 2.38. The van der Waals surface area contributed by atoms with Gasteiger partial charge in [-0.3, -0.25) is 9.89 Å². The van der Waals surface area contributed by atoms with E-state index in [2.05, 4.69) is 38.0 Å². The van der Waals surface area contributed by atoms with E-state index in [1.165, 1.54) is 0 Å². The van der Waals surface area contributed by atoms with Gasteiger partial charge < -0.3 is 10.1 Å². The first kappa shape index (κ1) is 15.3. The molecule has 0 atom stereocenters. The molecule has 1 aromatic heterocycles. The van der Waals surface area contributed by atoms with Gasteiger partial charge in [-0.1, -0.05) is 28.6 Å². The summed E-state index contributed by atoms with van der Waals surface area (Å²) < 4.78 is 6.43. The topological polar surface area (TPSA) is 67.0 Å². The zero-order valence-corrected chi connectivity index (χ0v) is 13.8. The minimum absolute atomic E-state index is 0.219. The highest BCUT2D eigenvalue weighted by atomic mass is 79.9. The van der Waals surface area contributed by atoms with Crippen LogP contribution in [-0.2, 0) is 0 Å². The Kier molecular flexibility index (Phi) is 4.43. The lowest BCUT2D eigenvalue weighted by molar-refractivity contribution is 0.102. The lowest BCUT2D eigenvalue weighted by Crippen LogP contribution is -2.12. The van der Waals surface area contributed by atoms with Gasteiger partial charge in [0.2, 0.25) is 0 Å². The third-order valence-electron chi connectivity index (χ3n) is 3.24. The number of nitrogens with one attached hydrogen (secondary N) is 2. The van der Waals surface area contributed by atoms with Gasteiger partial charge in [-0.15, -0.1) is 0 Å². The van der Waals surface area contributed by atoms with Crippen LogP contribution in [0.5, 0.6) is 5.75 Å². The Hall–Kier alpha value is -2.60. The van der Waals surface area contributed by atoms with Crippen molar-refractivity contribution in [1.82, 2.24) is 10.2 Å². The monoisotopic (exact) mass is 371 g/mol. The number of carbonyl (C=O) groups excluding carboxylic acids is 1. The quantitative estimate of drug-likeness (QED) is 0.662. The Morgan fingerprint density at radius 3 is 2.83 bits per heavy atom.